The van der Waals surface area contributed by atoms with E-state index < -0.39 is 0 Å². The Labute approximate surface area is 112 Å². The number of likely N-dealkylation sites (N-methyl/N-ethyl adjacent to an activating group) is 1. The lowest BCUT2D eigenvalue weighted by Gasteiger charge is -2.13. The number of benzene rings is 1. The molecule has 0 aliphatic carbocycles. The van der Waals surface area contributed by atoms with Crippen molar-refractivity contribution in [1.29, 1.82) is 0 Å². The van der Waals surface area contributed by atoms with Gasteiger partial charge in [0.15, 0.2) is 0 Å². The van der Waals surface area contributed by atoms with Crippen LogP contribution in [0.15, 0.2) is 24.4 Å². The lowest BCUT2D eigenvalue weighted by Crippen LogP contribution is -2.29. The molecule has 1 atom stereocenters. The fourth-order valence-electron chi connectivity index (χ4n) is 2.21. The first-order chi connectivity index (χ1) is 8.60. The predicted molar refractivity (Wildman–Crippen MR) is 75.2 cm³/mol. The summed E-state index contributed by atoms with van der Waals surface area (Å²) in [7, 11) is 1.88. The molecule has 0 saturated heterocycles. The number of rotatable bonds is 5. The number of aromatic nitrogens is 1. The molecule has 2 N–H and O–H groups in total. The van der Waals surface area contributed by atoms with Crippen molar-refractivity contribution in [2.45, 2.75) is 25.8 Å². The zero-order valence-electron chi connectivity index (χ0n) is 10.6. The molecule has 18 heavy (non-hydrogen) atoms. The number of carbonyl (C=O) groups excluding carboxylic acids is 1. The number of Topliss-reactive ketones (excluding diaryl/α,β-unsaturated/α-hetero) is 1. The van der Waals surface area contributed by atoms with Crippen LogP contribution in [0.3, 0.4) is 0 Å². The quantitative estimate of drug-likeness (QED) is 0.872. The monoisotopic (exact) mass is 264 g/mol. The lowest BCUT2D eigenvalue weighted by molar-refractivity contribution is -0.117. The SMILES string of the molecule is CNC(CC(C)=O)Cc1c[nH]c2ccc(Cl)cc12. The number of carbonyl (C=O) groups is 1. The van der Waals surface area contributed by atoms with Gasteiger partial charge in [0.2, 0.25) is 0 Å². The highest BCUT2D eigenvalue weighted by molar-refractivity contribution is 6.31. The first kappa shape index (κ1) is 13.1. The van der Waals surface area contributed by atoms with Gasteiger partial charge in [0.05, 0.1) is 0 Å². The molecule has 0 aliphatic heterocycles. The number of hydrogen-bond acceptors (Lipinski definition) is 2. The van der Waals surface area contributed by atoms with Crippen LogP contribution in [-0.2, 0) is 11.2 Å². The van der Waals surface area contributed by atoms with Crippen LogP contribution in [0.1, 0.15) is 18.9 Å². The Bertz CT molecular complexity index is 562. The number of fused-ring (bicyclic) bond motifs is 1. The second-order valence-electron chi connectivity index (χ2n) is 4.60. The first-order valence-corrected chi connectivity index (χ1v) is 6.40. The maximum Gasteiger partial charge on any atom is 0.131 e. The molecular formula is C14H17ClN2O. The van der Waals surface area contributed by atoms with Crippen LogP contribution in [0.25, 0.3) is 10.9 Å². The highest BCUT2D eigenvalue weighted by Gasteiger charge is 2.13. The Morgan fingerprint density at radius 3 is 2.94 bits per heavy atom. The number of nitrogens with one attached hydrogen (secondary N) is 2. The zero-order chi connectivity index (χ0) is 13.1. The number of H-pyrrole nitrogens is 1. The van der Waals surface area contributed by atoms with Crippen LogP contribution >= 0.6 is 11.6 Å². The van der Waals surface area contributed by atoms with Gasteiger partial charge in [-0.1, -0.05) is 11.6 Å². The number of ketones is 1. The summed E-state index contributed by atoms with van der Waals surface area (Å²) < 4.78 is 0. The summed E-state index contributed by atoms with van der Waals surface area (Å²) in [5.41, 5.74) is 2.26. The summed E-state index contributed by atoms with van der Waals surface area (Å²) in [4.78, 5) is 14.4. The molecule has 0 aliphatic rings. The molecule has 1 heterocycles. The van der Waals surface area contributed by atoms with Gasteiger partial charge in [-0.05, 0) is 44.2 Å². The van der Waals surface area contributed by atoms with Gasteiger partial charge in [-0.3, -0.25) is 4.79 Å². The van der Waals surface area contributed by atoms with Crippen molar-refractivity contribution >= 4 is 28.3 Å². The topological polar surface area (TPSA) is 44.9 Å². The molecule has 0 spiro atoms. The van der Waals surface area contributed by atoms with E-state index in [1.165, 1.54) is 5.56 Å². The van der Waals surface area contributed by atoms with Crippen LogP contribution < -0.4 is 5.32 Å². The Morgan fingerprint density at radius 2 is 2.28 bits per heavy atom. The van der Waals surface area contributed by atoms with E-state index >= 15 is 0 Å². The minimum Gasteiger partial charge on any atom is -0.361 e. The van der Waals surface area contributed by atoms with Gasteiger partial charge in [0.25, 0.3) is 0 Å². The van der Waals surface area contributed by atoms with Crippen molar-refractivity contribution in [2.24, 2.45) is 0 Å². The van der Waals surface area contributed by atoms with E-state index in [9.17, 15) is 4.79 Å². The summed E-state index contributed by atoms with van der Waals surface area (Å²) in [6, 6.07) is 5.97. The first-order valence-electron chi connectivity index (χ1n) is 6.02. The Hall–Kier alpha value is -1.32. The smallest absolute Gasteiger partial charge is 0.131 e. The fraction of sp³-hybridized carbons (Fsp3) is 0.357. The number of hydrogen-bond donors (Lipinski definition) is 2. The van der Waals surface area contributed by atoms with E-state index in [4.69, 9.17) is 11.6 Å². The minimum atomic E-state index is 0.167. The lowest BCUT2D eigenvalue weighted by atomic mass is 10.0. The molecule has 2 aromatic rings. The maximum absolute atomic E-state index is 11.2. The molecule has 96 valence electrons. The molecule has 0 bridgehead atoms. The normalized spacial score (nSPS) is 12.8. The van der Waals surface area contributed by atoms with Gasteiger partial charge in [-0.15, -0.1) is 0 Å². The van der Waals surface area contributed by atoms with Crippen LogP contribution in [0, 0.1) is 0 Å². The van der Waals surface area contributed by atoms with Crippen molar-refractivity contribution < 1.29 is 4.79 Å². The summed E-state index contributed by atoms with van der Waals surface area (Å²) >= 11 is 6.02. The highest BCUT2D eigenvalue weighted by atomic mass is 35.5. The van der Waals surface area contributed by atoms with Gasteiger partial charge in [0.1, 0.15) is 5.78 Å². The predicted octanol–water partition coefficient (Wildman–Crippen LogP) is 2.93. The molecule has 0 fully saturated rings. The van der Waals surface area contributed by atoms with E-state index in [1.807, 2.05) is 31.4 Å². The molecule has 2 rings (SSSR count). The van der Waals surface area contributed by atoms with E-state index in [1.54, 1.807) is 6.92 Å². The number of aromatic amines is 1. The molecule has 1 aromatic heterocycles. The summed E-state index contributed by atoms with van der Waals surface area (Å²) in [6.45, 7) is 1.62. The second-order valence-corrected chi connectivity index (χ2v) is 5.04. The summed E-state index contributed by atoms with van der Waals surface area (Å²) in [5, 5.41) is 5.05. The Morgan fingerprint density at radius 1 is 1.50 bits per heavy atom. The van der Waals surface area contributed by atoms with Crippen molar-refractivity contribution in [3.63, 3.8) is 0 Å². The van der Waals surface area contributed by atoms with E-state index in [0.717, 1.165) is 22.3 Å². The van der Waals surface area contributed by atoms with Crippen LogP contribution in [-0.4, -0.2) is 23.9 Å². The summed E-state index contributed by atoms with van der Waals surface area (Å²) in [5.74, 6) is 0.201. The van der Waals surface area contributed by atoms with Gasteiger partial charge < -0.3 is 10.3 Å². The largest absolute Gasteiger partial charge is 0.361 e. The minimum absolute atomic E-state index is 0.167. The fourth-order valence-corrected chi connectivity index (χ4v) is 2.38. The average molecular weight is 265 g/mol. The van der Waals surface area contributed by atoms with Crippen molar-refractivity contribution in [3.05, 3.63) is 35.0 Å². The molecule has 0 amide bonds. The van der Waals surface area contributed by atoms with Gasteiger partial charge in [0, 0.05) is 34.6 Å². The van der Waals surface area contributed by atoms with Crippen molar-refractivity contribution in [2.75, 3.05) is 7.05 Å². The van der Waals surface area contributed by atoms with Crippen molar-refractivity contribution in [1.82, 2.24) is 10.3 Å². The zero-order valence-corrected chi connectivity index (χ0v) is 11.3. The van der Waals surface area contributed by atoms with Gasteiger partial charge in [-0.2, -0.15) is 0 Å². The highest BCUT2D eigenvalue weighted by Crippen LogP contribution is 2.23. The second kappa shape index (κ2) is 5.55. The molecule has 3 nitrogen and oxygen atoms in total. The van der Waals surface area contributed by atoms with Crippen LogP contribution in [0.2, 0.25) is 5.02 Å². The third kappa shape index (κ3) is 2.92. The molecular weight excluding hydrogens is 248 g/mol. The molecule has 0 radical (unpaired) electrons. The molecule has 1 aromatic carbocycles. The third-order valence-electron chi connectivity index (χ3n) is 3.14. The van der Waals surface area contributed by atoms with E-state index in [-0.39, 0.29) is 11.8 Å². The van der Waals surface area contributed by atoms with Crippen LogP contribution in [0.5, 0.6) is 0 Å². The van der Waals surface area contributed by atoms with E-state index in [0.29, 0.717) is 6.42 Å². The Balaban J connectivity index is 2.25. The Kier molecular flexibility index (Phi) is 4.04. The van der Waals surface area contributed by atoms with E-state index in [2.05, 4.69) is 10.3 Å². The van der Waals surface area contributed by atoms with Gasteiger partial charge >= 0.3 is 0 Å². The molecule has 0 saturated carbocycles. The standard InChI is InChI=1S/C14H17ClN2O/c1-9(18)5-12(16-2)6-10-8-17-14-4-3-11(15)7-13(10)14/h3-4,7-8,12,16-17H,5-6H2,1-2H3. The maximum atomic E-state index is 11.2. The van der Waals surface area contributed by atoms with Crippen molar-refractivity contribution in [3.8, 4) is 0 Å². The number of halogens is 1. The molecule has 1 unspecified atom stereocenters. The molecule has 4 heteroatoms. The average Bonchev–Trinajstić information content (AvgIpc) is 2.70. The van der Waals surface area contributed by atoms with Crippen LogP contribution in [0.4, 0.5) is 0 Å². The van der Waals surface area contributed by atoms with Gasteiger partial charge in [-0.25, -0.2) is 0 Å². The third-order valence-corrected chi connectivity index (χ3v) is 3.37. The summed E-state index contributed by atoms with van der Waals surface area (Å²) in [6.07, 6.45) is 3.35.